The lowest BCUT2D eigenvalue weighted by Gasteiger charge is -2.53. The maximum Gasteiger partial charge on any atom is 0.140 e. The van der Waals surface area contributed by atoms with Gasteiger partial charge in [0.05, 0.1) is 12.4 Å². The Bertz CT molecular complexity index is 388. The van der Waals surface area contributed by atoms with Crippen LogP contribution in [0.15, 0.2) is 12.2 Å². The van der Waals surface area contributed by atoms with Crippen molar-refractivity contribution in [2.24, 2.45) is 0 Å². The van der Waals surface area contributed by atoms with Gasteiger partial charge >= 0.3 is 0 Å². The first-order valence-corrected chi connectivity index (χ1v) is 10.3. The molecule has 0 bridgehead atoms. The van der Waals surface area contributed by atoms with E-state index in [1.807, 2.05) is 13.0 Å². The Morgan fingerprint density at radius 1 is 1.26 bits per heavy atom. The van der Waals surface area contributed by atoms with Crippen LogP contribution < -0.4 is 0 Å². The van der Waals surface area contributed by atoms with Crippen LogP contribution in [0.25, 0.3) is 0 Å². The predicted octanol–water partition coefficient (Wildman–Crippen LogP) is 4.15. The monoisotopic (exact) mass is 343 g/mol. The first kappa shape index (κ1) is 21.0. The molecule has 1 aliphatic rings. The molecule has 1 heterocycles. The van der Waals surface area contributed by atoms with Gasteiger partial charge in [0.25, 0.3) is 0 Å². The molecule has 0 aromatic heterocycles. The molecule has 1 aliphatic heterocycles. The van der Waals surface area contributed by atoms with Crippen molar-refractivity contribution < 1.29 is 9.29 Å². The largest absolute Gasteiger partial charge is 0.616 e. The molecule has 0 N–H and O–H groups in total. The minimum Gasteiger partial charge on any atom is -0.616 e. The van der Waals surface area contributed by atoms with Gasteiger partial charge in [-0.2, -0.15) is 0 Å². The van der Waals surface area contributed by atoms with Crippen molar-refractivity contribution in [1.82, 2.24) is 4.90 Å². The summed E-state index contributed by atoms with van der Waals surface area (Å²) in [6.45, 7) is 14.0. The zero-order valence-corrected chi connectivity index (χ0v) is 17.3. The highest BCUT2D eigenvalue weighted by Gasteiger charge is 2.43. The molecule has 4 heteroatoms. The molecule has 0 aromatic rings. The zero-order valence-electron chi connectivity index (χ0n) is 16.4. The molecule has 0 radical (unpaired) electrons. The van der Waals surface area contributed by atoms with E-state index < -0.39 is 11.2 Å². The molecule has 23 heavy (non-hydrogen) atoms. The molecule has 0 aliphatic carbocycles. The number of allylic oxidation sites excluding steroid dienone is 1. The van der Waals surface area contributed by atoms with Gasteiger partial charge in [0.15, 0.2) is 0 Å². The predicted molar refractivity (Wildman–Crippen MR) is 101 cm³/mol. The fraction of sp³-hybridized carbons (Fsp3) is 0.895. The molecule has 1 rings (SSSR count). The highest BCUT2D eigenvalue weighted by atomic mass is 32.2. The SMILES string of the molecule is CC=CC(C)(CCCOC1CC(C)(C)N(C)C(C)(C)C1)[S+](C)[O-]. The number of hydrogen-bond donors (Lipinski definition) is 0. The second-order valence-corrected chi connectivity index (χ2v) is 10.3. The van der Waals surface area contributed by atoms with E-state index in [4.69, 9.17) is 4.74 Å². The molecule has 2 unspecified atom stereocenters. The number of rotatable bonds is 7. The van der Waals surface area contributed by atoms with E-state index >= 15 is 0 Å². The van der Waals surface area contributed by atoms with E-state index in [1.165, 1.54) is 0 Å². The molecule has 0 spiro atoms. The van der Waals surface area contributed by atoms with Crippen LogP contribution in [0.5, 0.6) is 0 Å². The maximum atomic E-state index is 12.0. The summed E-state index contributed by atoms with van der Waals surface area (Å²) in [5, 5.41) is 0. The molecule has 0 aromatic carbocycles. The van der Waals surface area contributed by atoms with E-state index in [1.54, 1.807) is 6.26 Å². The van der Waals surface area contributed by atoms with Gasteiger partial charge in [0.1, 0.15) is 4.75 Å². The Kier molecular flexibility index (Phi) is 7.22. The van der Waals surface area contributed by atoms with Crippen molar-refractivity contribution in [2.45, 2.75) is 89.2 Å². The third kappa shape index (κ3) is 5.48. The average molecular weight is 344 g/mol. The van der Waals surface area contributed by atoms with Crippen molar-refractivity contribution >= 4 is 11.2 Å². The van der Waals surface area contributed by atoms with E-state index in [2.05, 4.69) is 52.6 Å². The first-order valence-electron chi connectivity index (χ1n) is 8.77. The number of ether oxygens (including phenoxy) is 1. The molecular weight excluding hydrogens is 306 g/mol. The molecule has 136 valence electrons. The van der Waals surface area contributed by atoms with Gasteiger partial charge in [-0.05, 0) is 85.1 Å². The number of piperidine rings is 1. The lowest BCUT2D eigenvalue weighted by atomic mass is 9.79. The standard InChI is InChI=1S/C19H37NO2S/c1-9-11-19(6,23(8)21)12-10-13-22-16-14-17(2,3)20(7)18(4,5)15-16/h9,11,16H,10,12-15H2,1-8H3. The van der Waals surface area contributed by atoms with Crippen LogP contribution in [0.1, 0.15) is 67.2 Å². The lowest BCUT2D eigenvalue weighted by Crippen LogP contribution is -2.60. The summed E-state index contributed by atoms with van der Waals surface area (Å²) < 4.78 is 17.9. The number of hydrogen-bond acceptors (Lipinski definition) is 3. The summed E-state index contributed by atoms with van der Waals surface area (Å²) in [6.07, 6.45) is 10.2. The molecule has 2 atom stereocenters. The fourth-order valence-corrected chi connectivity index (χ4v) is 4.51. The van der Waals surface area contributed by atoms with Crippen molar-refractivity contribution in [2.75, 3.05) is 19.9 Å². The highest BCUT2D eigenvalue weighted by molar-refractivity contribution is 7.92. The van der Waals surface area contributed by atoms with Crippen LogP contribution in [0.2, 0.25) is 0 Å². The number of likely N-dealkylation sites (tertiary alicyclic amines) is 1. The van der Waals surface area contributed by atoms with E-state index in [-0.39, 0.29) is 15.8 Å². The first-order chi connectivity index (χ1) is 10.4. The normalized spacial score (nSPS) is 26.3. The Hall–Kier alpha value is -0.0300. The second kappa shape index (κ2) is 7.90. The summed E-state index contributed by atoms with van der Waals surface area (Å²) >= 11 is -0.856. The number of nitrogens with zero attached hydrogens (tertiary/aromatic N) is 1. The Labute approximate surface area is 147 Å². The quantitative estimate of drug-likeness (QED) is 0.396. The van der Waals surface area contributed by atoms with Crippen LogP contribution in [-0.2, 0) is 15.9 Å². The maximum absolute atomic E-state index is 12.0. The van der Waals surface area contributed by atoms with E-state index in [0.29, 0.717) is 6.10 Å². The molecule has 0 amide bonds. The molecule has 1 fully saturated rings. The van der Waals surface area contributed by atoms with Gasteiger partial charge < -0.3 is 9.29 Å². The van der Waals surface area contributed by atoms with Crippen LogP contribution >= 0.6 is 0 Å². The third-order valence-corrected chi connectivity index (χ3v) is 7.27. The van der Waals surface area contributed by atoms with Gasteiger partial charge in [-0.3, -0.25) is 4.90 Å². The summed E-state index contributed by atoms with van der Waals surface area (Å²) in [5.41, 5.74) is 0.327. The smallest absolute Gasteiger partial charge is 0.140 e. The fourth-order valence-electron chi connectivity index (χ4n) is 3.75. The van der Waals surface area contributed by atoms with Gasteiger partial charge in [-0.1, -0.05) is 6.08 Å². The minimum atomic E-state index is -0.856. The minimum absolute atomic E-state index is 0.163. The van der Waals surface area contributed by atoms with Gasteiger partial charge in [-0.15, -0.1) is 0 Å². The van der Waals surface area contributed by atoms with Crippen LogP contribution in [0, 0.1) is 0 Å². The van der Waals surface area contributed by atoms with Crippen molar-refractivity contribution in [3.05, 3.63) is 12.2 Å². The van der Waals surface area contributed by atoms with Gasteiger partial charge in [-0.25, -0.2) is 0 Å². The summed E-state index contributed by atoms with van der Waals surface area (Å²) in [5.74, 6) is 0. The summed E-state index contributed by atoms with van der Waals surface area (Å²) in [4.78, 5) is 2.48. The second-order valence-electron chi connectivity index (χ2n) is 8.46. The lowest BCUT2D eigenvalue weighted by molar-refractivity contribution is -0.0919. The Balaban J connectivity index is 2.50. The van der Waals surface area contributed by atoms with Crippen molar-refractivity contribution in [3.8, 4) is 0 Å². The average Bonchev–Trinajstić information content (AvgIpc) is 2.40. The van der Waals surface area contributed by atoms with Crippen molar-refractivity contribution in [3.63, 3.8) is 0 Å². The van der Waals surface area contributed by atoms with Crippen LogP contribution in [0.4, 0.5) is 0 Å². The molecular formula is C19H37NO2S. The Morgan fingerprint density at radius 2 is 1.78 bits per heavy atom. The van der Waals surface area contributed by atoms with Gasteiger partial charge in [0, 0.05) is 24.1 Å². The summed E-state index contributed by atoms with van der Waals surface area (Å²) in [7, 11) is 2.22. The molecule has 1 saturated heterocycles. The van der Waals surface area contributed by atoms with E-state index in [9.17, 15) is 4.55 Å². The van der Waals surface area contributed by atoms with Crippen molar-refractivity contribution in [1.29, 1.82) is 0 Å². The molecule has 3 nitrogen and oxygen atoms in total. The zero-order chi connectivity index (χ0) is 17.9. The van der Waals surface area contributed by atoms with Crippen LogP contribution in [-0.4, -0.2) is 51.3 Å². The Morgan fingerprint density at radius 3 is 2.22 bits per heavy atom. The summed E-state index contributed by atoms with van der Waals surface area (Å²) in [6, 6.07) is 0. The van der Waals surface area contributed by atoms with E-state index in [0.717, 1.165) is 32.3 Å². The highest BCUT2D eigenvalue weighted by Crippen LogP contribution is 2.38. The third-order valence-electron chi connectivity index (χ3n) is 5.62. The molecule has 0 saturated carbocycles. The topological polar surface area (TPSA) is 35.5 Å². The van der Waals surface area contributed by atoms with Crippen LogP contribution in [0.3, 0.4) is 0 Å². The van der Waals surface area contributed by atoms with Gasteiger partial charge in [0.2, 0.25) is 0 Å².